The molecule has 4 rings (SSSR count). The molecule has 2 heterocycles. The molecule has 0 radical (unpaired) electrons. The summed E-state index contributed by atoms with van der Waals surface area (Å²) >= 11 is 0. The Hall–Kier alpha value is -3.02. The first-order chi connectivity index (χ1) is 12.2. The molecule has 2 aromatic carbocycles. The van der Waals surface area contributed by atoms with Crippen LogP contribution >= 0.6 is 0 Å². The fourth-order valence-electron chi connectivity index (χ4n) is 2.85. The maximum Gasteiger partial charge on any atom is 0.319 e. The summed E-state index contributed by atoms with van der Waals surface area (Å²) in [5, 5.41) is 6.13. The van der Waals surface area contributed by atoms with E-state index in [9.17, 15) is 9.59 Å². The molecule has 0 bridgehead atoms. The van der Waals surface area contributed by atoms with E-state index in [1.807, 2.05) is 60.7 Å². The van der Waals surface area contributed by atoms with Crippen LogP contribution in [0.1, 0.15) is 11.1 Å². The molecule has 25 heavy (non-hydrogen) atoms. The highest BCUT2D eigenvalue weighted by Crippen LogP contribution is 2.29. The molecule has 2 aliphatic rings. The van der Waals surface area contributed by atoms with E-state index in [4.69, 9.17) is 0 Å². The maximum absolute atomic E-state index is 12.6. The van der Waals surface area contributed by atoms with E-state index in [-0.39, 0.29) is 12.1 Å². The van der Waals surface area contributed by atoms with E-state index < -0.39 is 5.66 Å². The van der Waals surface area contributed by atoms with Crippen molar-refractivity contribution >= 4 is 12.1 Å². The van der Waals surface area contributed by atoms with Crippen molar-refractivity contribution in [1.82, 2.24) is 20.4 Å². The van der Waals surface area contributed by atoms with Crippen molar-refractivity contribution in [3.63, 3.8) is 0 Å². The molecule has 0 aromatic heterocycles. The van der Waals surface area contributed by atoms with E-state index in [0.717, 1.165) is 37.3 Å². The highest BCUT2D eigenvalue weighted by Gasteiger charge is 2.42. The average molecular weight is 336 g/mol. The molecular weight excluding hydrogens is 316 g/mol. The minimum atomic E-state index is -1.11. The third-order valence-electron chi connectivity index (χ3n) is 4.47. The molecule has 6 nitrogen and oxygen atoms in total. The van der Waals surface area contributed by atoms with Crippen molar-refractivity contribution in [2.24, 2.45) is 0 Å². The lowest BCUT2D eigenvalue weighted by Gasteiger charge is -2.36. The van der Waals surface area contributed by atoms with Gasteiger partial charge in [-0.3, -0.25) is 0 Å². The topological polar surface area (TPSA) is 64.2 Å². The number of amides is 4. The summed E-state index contributed by atoms with van der Waals surface area (Å²) in [5.74, 6) is 0. The molecule has 0 saturated carbocycles. The van der Waals surface area contributed by atoms with Crippen LogP contribution in [-0.2, 0) is 5.66 Å². The van der Waals surface area contributed by atoms with Gasteiger partial charge in [0.2, 0.25) is 0 Å². The molecule has 0 unspecified atom stereocenters. The van der Waals surface area contributed by atoms with Gasteiger partial charge >= 0.3 is 12.1 Å². The standard InChI is InChI=1S/C19H20N4O2/c24-17(22-11-12-22)20-19(15-7-3-1-4-8-15,16-9-5-2-6-10-16)21-18(25)23-13-14-23/h1-10H,11-14H2,(H,20,24)(H,21,25). The minimum absolute atomic E-state index is 0.182. The lowest BCUT2D eigenvalue weighted by atomic mass is 9.91. The van der Waals surface area contributed by atoms with Crippen molar-refractivity contribution in [1.29, 1.82) is 0 Å². The van der Waals surface area contributed by atoms with Crippen molar-refractivity contribution in [2.75, 3.05) is 26.2 Å². The zero-order valence-corrected chi connectivity index (χ0v) is 13.8. The number of benzene rings is 2. The van der Waals surface area contributed by atoms with Gasteiger partial charge in [0.05, 0.1) is 0 Å². The summed E-state index contributed by atoms with van der Waals surface area (Å²) in [5.41, 5.74) is 0.514. The summed E-state index contributed by atoms with van der Waals surface area (Å²) in [6, 6.07) is 18.7. The Kier molecular flexibility index (Phi) is 3.80. The highest BCUT2D eigenvalue weighted by atomic mass is 16.2. The second-order valence-corrected chi connectivity index (χ2v) is 6.32. The third-order valence-corrected chi connectivity index (χ3v) is 4.47. The molecule has 4 amide bonds. The molecule has 128 valence electrons. The van der Waals surface area contributed by atoms with Crippen LogP contribution in [-0.4, -0.2) is 48.0 Å². The SMILES string of the molecule is O=C(NC(NC(=O)N1CC1)(c1ccccc1)c1ccccc1)N1CC1. The summed E-state index contributed by atoms with van der Waals surface area (Å²) in [6.45, 7) is 2.97. The molecule has 0 spiro atoms. The zero-order valence-electron chi connectivity index (χ0n) is 13.8. The van der Waals surface area contributed by atoms with Gasteiger partial charge in [-0.2, -0.15) is 0 Å². The van der Waals surface area contributed by atoms with E-state index in [2.05, 4.69) is 10.6 Å². The Bertz CT molecular complexity index is 703. The number of hydrogen-bond donors (Lipinski definition) is 2. The Balaban J connectivity index is 1.79. The third kappa shape index (κ3) is 3.15. The molecule has 2 aliphatic heterocycles. The number of urea groups is 2. The van der Waals surface area contributed by atoms with Gasteiger partial charge in [-0.15, -0.1) is 0 Å². The summed E-state index contributed by atoms with van der Waals surface area (Å²) in [6.07, 6.45) is 0. The van der Waals surface area contributed by atoms with Crippen LogP contribution in [0, 0.1) is 0 Å². The molecule has 2 N–H and O–H groups in total. The van der Waals surface area contributed by atoms with Crippen molar-refractivity contribution < 1.29 is 9.59 Å². The highest BCUT2D eigenvalue weighted by molar-refractivity contribution is 5.82. The lowest BCUT2D eigenvalue weighted by molar-refractivity contribution is 0.199. The van der Waals surface area contributed by atoms with Crippen LogP contribution in [0.15, 0.2) is 60.7 Å². The first kappa shape index (κ1) is 15.5. The Morgan fingerprint density at radius 2 is 1.04 bits per heavy atom. The Labute approximate surface area is 146 Å². The molecule has 6 heteroatoms. The van der Waals surface area contributed by atoms with E-state index >= 15 is 0 Å². The van der Waals surface area contributed by atoms with Crippen molar-refractivity contribution in [3.8, 4) is 0 Å². The van der Waals surface area contributed by atoms with E-state index in [1.54, 1.807) is 9.80 Å². The van der Waals surface area contributed by atoms with Gasteiger partial charge < -0.3 is 20.4 Å². The first-order valence-electron chi connectivity index (χ1n) is 8.44. The molecule has 0 atom stereocenters. The normalized spacial score (nSPS) is 15.5. The van der Waals surface area contributed by atoms with Crippen LogP contribution in [0.4, 0.5) is 9.59 Å². The molecular formula is C19H20N4O2. The van der Waals surface area contributed by atoms with Gasteiger partial charge in [-0.25, -0.2) is 9.59 Å². The molecule has 2 saturated heterocycles. The summed E-state index contributed by atoms with van der Waals surface area (Å²) in [7, 11) is 0. The Morgan fingerprint density at radius 3 is 1.36 bits per heavy atom. The van der Waals surface area contributed by atoms with Crippen LogP contribution in [0.3, 0.4) is 0 Å². The van der Waals surface area contributed by atoms with Crippen LogP contribution in [0.25, 0.3) is 0 Å². The molecule has 2 aromatic rings. The zero-order chi connectivity index (χ0) is 17.3. The molecule has 2 fully saturated rings. The molecule has 0 aliphatic carbocycles. The van der Waals surface area contributed by atoms with Gasteiger partial charge in [0, 0.05) is 37.3 Å². The van der Waals surface area contributed by atoms with Crippen LogP contribution in [0.2, 0.25) is 0 Å². The van der Waals surface area contributed by atoms with Gasteiger partial charge in [0.1, 0.15) is 0 Å². The smallest absolute Gasteiger partial charge is 0.319 e. The lowest BCUT2D eigenvalue weighted by Crippen LogP contribution is -2.60. The fraction of sp³-hybridized carbons (Fsp3) is 0.263. The maximum atomic E-state index is 12.6. The largest absolute Gasteiger partial charge is 0.321 e. The monoisotopic (exact) mass is 336 g/mol. The number of nitrogens with zero attached hydrogens (tertiary/aromatic N) is 2. The van der Waals surface area contributed by atoms with Gasteiger partial charge in [-0.05, 0) is 0 Å². The van der Waals surface area contributed by atoms with Crippen molar-refractivity contribution in [2.45, 2.75) is 5.66 Å². The number of carbonyl (C=O) groups excluding carboxylic acids is 2. The number of nitrogens with one attached hydrogen (secondary N) is 2. The fourth-order valence-corrected chi connectivity index (χ4v) is 2.85. The predicted molar refractivity (Wildman–Crippen MR) is 93.9 cm³/mol. The summed E-state index contributed by atoms with van der Waals surface area (Å²) in [4.78, 5) is 28.6. The van der Waals surface area contributed by atoms with Gasteiger partial charge in [-0.1, -0.05) is 60.7 Å². The van der Waals surface area contributed by atoms with Gasteiger partial charge in [0.15, 0.2) is 5.66 Å². The minimum Gasteiger partial charge on any atom is -0.321 e. The van der Waals surface area contributed by atoms with E-state index in [1.165, 1.54) is 0 Å². The van der Waals surface area contributed by atoms with E-state index in [0.29, 0.717) is 0 Å². The number of carbonyl (C=O) groups is 2. The van der Waals surface area contributed by atoms with Crippen LogP contribution in [0.5, 0.6) is 0 Å². The Morgan fingerprint density at radius 1 is 0.680 bits per heavy atom. The predicted octanol–water partition coefficient (Wildman–Crippen LogP) is 1.94. The average Bonchev–Trinajstić information content (AvgIpc) is 3.54. The van der Waals surface area contributed by atoms with Gasteiger partial charge in [0.25, 0.3) is 0 Å². The van der Waals surface area contributed by atoms with Crippen molar-refractivity contribution in [3.05, 3.63) is 71.8 Å². The second-order valence-electron chi connectivity index (χ2n) is 6.32. The summed E-state index contributed by atoms with van der Waals surface area (Å²) < 4.78 is 0. The van der Waals surface area contributed by atoms with Crippen LogP contribution < -0.4 is 10.6 Å². The number of rotatable bonds is 4. The first-order valence-corrected chi connectivity index (χ1v) is 8.44. The quantitative estimate of drug-likeness (QED) is 0.662. The second kappa shape index (κ2) is 6.12. The number of hydrogen-bond acceptors (Lipinski definition) is 2.